The molecule has 0 radical (unpaired) electrons. The summed E-state index contributed by atoms with van der Waals surface area (Å²) in [4.78, 5) is 24.0. The van der Waals surface area contributed by atoms with Crippen molar-refractivity contribution in [3.8, 4) is 0 Å². The topological polar surface area (TPSA) is 84.2 Å². The van der Waals surface area contributed by atoms with Gasteiger partial charge in [-0.15, -0.1) is 0 Å². The fraction of sp³-hybridized carbons (Fsp3) is 0.227. The van der Waals surface area contributed by atoms with Crippen LogP contribution in [0.4, 0.5) is 13.2 Å². The minimum absolute atomic E-state index is 0.0677. The Balaban J connectivity index is 1.93. The minimum atomic E-state index is -4.82. The van der Waals surface area contributed by atoms with E-state index in [0.29, 0.717) is 26.4 Å². The molecule has 0 bridgehead atoms. The number of benzene rings is 2. The van der Waals surface area contributed by atoms with Crippen LogP contribution in [0.25, 0.3) is 0 Å². The molecule has 3 aromatic rings. The second kappa shape index (κ2) is 9.44. The van der Waals surface area contributed by atoms with Crippen molar-refractivity contribution >= 4 is 35.1 Å². The molecule has 1 amide bonds. The van der Waals surface area contributed by atoms with Crippen molar-refractivity contribution in [3.05, 3.63) is 85.6 Å². The molecule has 2 aromatic carbocycles. The molecule has 174 valence electrons. The van der Waals surface area contributed by atoms with Crippen LogP contribution in [-0.2, 0) is 26.2 Å². The van der Waals surface area contributed by atoms with E-state index < -0.39 is 29.3 Å². The summed E-state index contributed by atoms with van der Waals surface area (Å²) in [6.07, 6.45) is -4.89. The lowest BCUT2D eigenvalue weighted by Gasteiger charge is -2.12. The molecule has 0 unspecified atom stereocenters. The van der Waals surface area contributed by atoms with Crippen LogP contribution in [0.15, 0.2) is 36.4 Å². The monoisotopic (exact) mass is 499 g/mol. The highest BCUT2D eigenvalue weighted by molar-refractivity contribution is 6.42. The lowest BCUT2D eigenvalue weighted by Crippen LogP contribution is -2.27. The molecule has 1 heterocycles. The third-order valence-electron chi connectivity index (χ3n) is 5.00. The number of alkyl halides is 3. The number of nitrogens with zero attached hydrogens (tertiary/aromatic N) is 2. The summed E-state index contributed by atoms with van der Waals surface area (Å²) in [5.41, 5.74) is -0.0867. The molecule has 0 fully saturated rings. The van der Waals surface area contributed by atoms with Crippen molar-refractivity contribution in [2.75, 3.05) is 0 Å². The fourth-order valence-electron chi connectivity index (χ4n) is 3.40. The van der Waals surface area contributed by atoms with E-state index in [1.807, 2.05) is 0 Å². The second-order valence-corrected chi connectivity index (χ2v) is 8.16. The van der Waals surface area contributed by atoms with Crippen molar-refractivity contribution in [1.82, 2.24) is 15.1 Å². The number of nitrogens with one attached hydrogen (secondary N) is 1. The highest BCUT2D eigenvalue weighted by Crippen LogP contribution is 2.34. The van der Waals surface area contributed by atoms with Gasteiger partial charge in [0, 0.05) is 20.0 Å². The highest BCUT2D eigenvalue weighted by atomic mass is 35.5. The molecule has 0 aliphatic carbocycles. The number of aromatic carboxylic acids is 1. The molecule has 2 N–H and O–H groups in total. The van der Waals surface area contributed by atoms with Crippen LogP contribution in [0.2, 0.25) is 10.0 Å². The zero-order valence-corrected chi connectivity index (χ0v) is 18.9. The van der Waals surface area contributed by atoms with Gasteiger partial charge in [-0.25, -0.2) is 4.79 Å². The van der Waals surface area contributed by atoms with Crippen molar-refractivity contribution in [3.63, 3.8) is 0 Å². The predicted molar refractivity (Wildman–Crippen MR) is 117 cm³/mol. The molecule has 0 saturated heterocycles. The number of hydrogen-bond donors (Lipinski definition) is 2. The van der Waals surface area contributed by atoms with E-state index in [-0.39, 0.29) is 29.2 Å². The lowest BCUT2D eigenvalue weighted by atomic mass is 10.0. The van der Waals surface area contributed by atoms with Crippen LogP contribution in [-0.4, -0.2) is 26.8 Å². The van der Waals surface area contributed by atoms with E-state index in [1.165, 1.54) is 30.3 Å². The van der Waals surface area contributed by atoms with Gasteiger partial charge in [-0.2, -0.15) is 18.3 Å². The Morgan fingerprint density at radius 1 is 1.12 bits per heavy atom. The standard InChI is InChI=1S/C22H18Cl2F3N3O3/c1-11-7-13(21(32)33)4-5-14(11)10-28-20(31)18-17(29-30(2)19(18)22(25,26)27)9-12-3-6-15(23)16(24)8-12/h3-8H,9-10H2,1-2H3,(H,28,31)(H,32,33). The molecule has 11 heteroatoms. The maximum absolute atomic E-state index is 13.8. The van der Waals surface area contributed by atoms with Gasteiger partial charge in [-0.3, -0.25) is 9.48 Å². The van der Waals surface area contributed by atoms with Gasteiger partial charge in [-0.1, -0.05) is 35.3 Å². The van der Waals surface area contributed by atoms with Gasteiger partial charge >= 0.3 is 12.1 Å². The normalized spacial score (nSPS) is 11.5. The van der Waals surface area contributed by atoms with E-state index in [1.54, 1.807) is 13.0 Å². The molecular formula is C22H18Cl2F3N3O3. The van der Waals surface area contributed by atoms with Gasteiger partial charge in [-0.05, 0) is 47.9 Å². The Labute approximate surface area is 196 Å². The molecule has 0 aliphatic rings. The first-order valence-electron chi connectivity index (χ1n) is 9.56. The first-order valence-corrected chi connectivity index (χ1v) is 10.3. The van der Waals surface area contributed by atoms with Crippen molar-refractivity contribution in [2.24, 2.45) is 7.05 Å². The van der Waals surface area contributed by atoms with Crippen molar-refractivity contribution in [2.45, 2.75) is 26.1 Å². The number of aromatic nitrogens is 2. The summed E-state index contributed by atoms with van der Waals surface area (Å²) >= 11 is 11.9. The third kappa shape index (κ3) is 5.48. The quantitative estimate of drug-likeness (QED) is 0.483. The highest BCUT2D eigenvalue weighted by Gasteiger charge is 2.41. The number of amides is 1. The second-order valence-electron chi connectivity index (χ2n) is 7.35. The number of carbonyl (C=O) groups is 2. The average Bonchev–Trinajstić information content (AvgIpc) is 3.05. The number of rotatable bonds is 6. The van der Waals surface area contributed by atoms with Crippen LogP contribution in [0, 0.1) is 6.92 Å². The molecule has 3 rings (SSSR count). The SMILES string of the molecule is Cc1cc(C(=O)O)ccc1CNC(=O)c1c(Cc2ccc(Cl)c(Cl)c2)nn(C)c1C(F)(F)F. The van der Waals surface area contributed by atoms with Crippen LogP contribution in [0.5, 0.6) is 0 Å². The van der Waals surface area contributed by atoms with Gasteiger partial charge in [0.25, 0.3) is 5.91 Å². The summed E-state index contributed by atoms with van der Waals surface area (Å²) < 4.78 is 41.9. The maximum atomic E-state index is 13.8. The molecule has 0 aliphatic heterocycles. The number of carbonyl (C=O) groups excluding carboxylic acids is 1. The summed E-state index contributed by atoms with van der Waals surface area (Å²) in [6, 6.07) is 8.88. The van der Waals surface area contributed by atoms with E-state index in [0.717, 1.165) is 7.05 Å². The Bertz CT molecular complexity index is 1240. The largest absolute Gasteiger partial charge is 0.478 e. The average molecular weight is 500 g/mol. The van der Waals surface area contributed by atoms with Gasteiger partial charge < -0.3 is 10.4 Å². The minimum Gasteiger partial charge on any atom is -0.478 e. The summed E-state index contributed by atoms with van der Waals surface area (Å²) in [6.45, 7) is 1.55. The first kappa shape index (κ1) is 24.6. The fourth-order valence-corrected chi connectivity index (χ4v) is 3.72. The van der Waals surface area contributed by atoms with Crippen LogP contribution in [0.1, 0.15) is 48.8 Å². The Morgan fingerprint density at radius 2 is 1.82 bits per heavy atom. The van der Waals surface area contributed by atoms with Crippen molar-refractivity contribution in [1.29, 1.82) is 0 Å². The van der Waals surface area contributed by atoms with Gasteiger partial charge in [0.2, 0.25) is 0 Å². The molecule has 6 nitrogen and oxygen atoms in total. The summed E-state index contributed by atoms with van der Waals surface area (Å²) in [5.74, 6) is -2.06. The zero-order valence-electron chi connectivity index (χ0n) is 17.4. The van der Waals surface area contributed by atoms with E-state index in [2.05, 4.69) is 10.4 Å². The molecule has 33 heavy (non-hydrogen) atoms. The van der Waals surface area contributed by atoms with Crippen LogP contribution in [0.3, 0.4) is 0 Å². The Morgan fingerprint density at radius 3 is 2.39 bits per heavy atom. The molecule has 0 atom stereocenters. The number of aryl methyl sites for hydroxylation is 2. The molecule has 0 spiro atoms. The number of hydrogen-bond acceptors (Lipinski definition) is 3. The molecule has 1 aromatic heterocycles. The van der Waals surface area contributed by atoms with E-state index in [4.69, 9.17) is 28.3 Å². The third-order valence-corrected chi connectivity index (χ3v) is 5.74. The van der Waals surface area contributed by atoms with E-state index >= 15 is 0 Å². The lowest BCUT2D eigenvalue weighted by molar-refractivity contribution is -0.144. The molecule has 0 saturated carbocycles. The summed E-state index contributed by atoms with van der Waals surface area (Å²) in [5, 5.41) is 16.0. The number of halogens is 5. The summed E-state index contributed by atoms with van der Waals surface area (Å²) in [7, 11) is 1.12. The Kier molecular flexibility index (Phi) is 7.04. The van der Waals surface area contributed by atoms with E-state index in [9.17, 15) is 22.8 Å². The number of carboxylic acid groups (broad SMARTS) is 1. The zero-order chi connectivity index (χ0) is 24.5. The van der Waals surface area contributed by atoms with Gasteiger partial charge in [0.05, 0.1) is 26.9 Å². The van der Waals surface area contributed by atoms with Crippen LogP contribution >= 0.6 is 23.2 Å². The molecular weight excluding hydrogens is 482 g/mol. The van der Waals surface area contributed by atoms with Gasteiger partial charge in [0.1, 0.15) is 0 Å². The number of carboxylic acids is 1. The first-order chi connectivity index (χ1) is 15.4. The smallest absolute Gasteiger partial charge is 0.433 e. The Hall–Kier alpha value is -3.04. The van der Waals surface area contributed by atoms with Crippen LogP contribution < -0.4 is 5.32 Å². The van der Waals surface area contributed by atoms with Crippen molar-refractivity contribution < 1.29 is 27.9 Å². The van der Waals surface area contributed by atoms with Gasteiger partial charge in [0.15, 0.2) is 5.69 Å². The maximum Gasteiger partial charge on any atom is 0.433 e. The predicted octanol–water partition coefficient (Wildman–Crippen LogP) is 5.27.